The van der Waals surface area contributed by atoms with Gasteiger partial charge in [-0.2, -0.15) is 0 Å². The number of unbranched alkanes of at least 4 members (excludes halogenated alkanes) is 5. The van der Waals surface area contributed by atoms with E-state index >= 15 is 0 Å². The van der Waals surface area contributed by atoms with Crippen molar-refractivity contribution in [2.24, 2.45) is 0 Å². The van der Waals surface area contributed by atoms with Crippen LogP contribution in [0.25, 0.3) is 0 Å². The van der Waals surface area contributed by atoms with Gasteiger partial charge in [0.15, 0.2) is 0 Å². The third-order valence-corrected chi connectivity index (χ3v) is 4.40. The number of thiocarbonyl (C=S) groups is 1. The molecule has 0 spiro atoms. The van der Waals surface area contributed by atoms with Crippen LogP contribution in [0.4, 0.5) is 0 Å². The van der Waals surface area contributed by atoms with Crippen molar-refractivity contribution in [2.75, 3.05) is 26.5 Å². The standard InChI is InChI=1S/C14H27NO2S2/c1-4-5-6-7-8-9-11-17-13(16)10-12-19-14(18)15(2)3/h4-12H2,1-3H3. The van der Waals surface area contributed by atoms with Crippen molar-refractivity contribution in [1.29, 1.82) is 0 Å². The first kappa shape index (κ1) is 18.7. The number of nitrogens with zero attached hydrogens (tertiary/aromatic N) is 1. The molecule has 0 radical (unpaired) electrons. The first-order valence-corrected chi connectivity index (χ1v) is 8.47. The maximum Gasteiger partial charge on any atom is 0.306 e. The Kier molecular flexibility index (Phi) is 12.5. The van der Waals surface area contributed by atoms with Crippen molar-refractivity contribution in [2.45, 2.75) is 51.9 Å². The molecule has 0 saturated heterocycles. The summed E-state index contributed by atoms with van der Waals surface area (Å²) in [6, 6.07) is 0. The summed E-state index contributed by atoms with van der Waals surface area (Å²) in [5.74, 6) is 0.592. The third-order valence-electron chi connectivity index (χ3n) is 2.66. The maximum atomic E-state index is 11.4. The fraction of sp³-hybridized carbons (Fsp3) is 0.857. The van der Waals surface area contributed by atoms with Gasteiger partial charge in [0.25, 0.3) is 0 Å². The molecule has 0 aliphatic carbocycles. The van der Waals surface area contributed by atoms with Crippen LogP contribution in [0, 0.1) is 0 Å². The predicted molar refractivity (Wildman–Crippen MR) is 87.7 cm³/mol. The number of rotatable bonds is 10. The van der Waals surface area contributed by atoms with E-state index in [0.717, 1.165) is 17.2 Å². The number of thioether (sulfide) groups is 1. The molecular formula is C14H27NO2S2. The summed E-state index contributed by atoms with van der Waals surface area (Å²) < 4.78 is 5.99. The second-order valence-corrected chi connectivity index (χ2v) is 6.48. The van der Waals surface area contributed by atoms with Crippen molar-refractivity contribution in [3.05, 3.63) is 0 Å². The van der Waals surface area contributed by atoms with Crippen LogP contribution in [0.15, 0.2) is 0 Å². The molecule has 0 amide bonds. The Balaban J connectivity index is 3.33. The van der Waals surface area contributed by atoms with E-state index < -0.39 is 0 Å². The van der Waals surface area contributed by atoms with Gasteiger partial charge in [0.2, 0.25) is 0 Å². The number of esters is 1. The highest BCUT2D eigenvalue weighted by Gasteiger charge is 2.05. The second kappa shape index (κ2) is 12.7. The number of ether oxygens (including phenoxy) is 1. The lowest BCUT2D eigenvalue weighted by Crippen LogP contribution is -2.17. The van der Waals surface area contributed by atoms with Gasteiger partial charge >= 0.3 is 5.97 Å². The normalized spacial score (nSPS) is 10.3. The summed E-state index contributed by atoms with van der Waals surface area (Å²) >= 11 is 6.65. The van der Waals surface area contributed by atoms with E-state index in [2.05, 4.69) is 6.92 Å². The average Bonchev–Trinajstić information content (AvgIpc) is 2.37. The molecule has 0 unspecified atom stereocenters. The highest BCUT2D eigenvalue weighted by molar-refractivity contribution is 8.22. The van der Waals surface area contributed by atoms with Crippen LogP contribution in [0.5, 0.6) is 0 Å². The van der Waals surface area contributed by atoms with E-state index in [1.54, 1.807) is 0 Å². The minimum absolute atomic E-state index is 0.109. The van der Waals surface area contributed by atoms with Gasteiger partial charge in [-0.25, -0.2) is 0 Å². The minimum atomic E-state index is -0.109. The Morgan fingerprint density at radius 1 is 1.16 bits per heavy atom. The lowest BCUT2D eigenvalue weighted by atomic mass is 10.1. The van der Waals surface area contributed by atoms with Crippen LogP contribution in [-0.4, -0.2) is 41.6 Å². The molecule has 3 nitrogen and oxygen atoms in total. The number of hydrogen-bond donors (Lipinski definition) is 0. The number of carbonyl (C=O) groups is 1. The van der Waals surface area contributed by atoms with Crippen LogP contribution in [0.3, 0.4) is 0 Å². The average molecular weight is 306 g/mol. The van der Waals surface area contributed by atoms with E-state index in [1.165, 1.54) is 37.4 Å². The van der Waals surface area contributed by atoms with E-state index in [1.807, 2.05) is 19.0 Å². The SMILES string of the molecule is CCCCCCCCOC(=O)CCSC(=S)N(C)C. The van der Waals surface area contributed by atoms with Gasteiger partial charge in [0.1, 0.15) is 4.32 Å². The highest BCUT2D eigenvalue weighted by atomic mass is 32.2. The Hall–Kier alpha value is -0.290. The molecule has 0 aromatic carbocycles. The van der Waals surface area contributed by atoms with E-state index in [9.17, 15) is 4.79 Å². The molecule has 112 valence electrons. The van der Waals surface area contributed by atoms with Crippen molar-refractivity contribution < 1.29 is 9.53 Å². The molecule has 0 N–H and O–H groups in total. The fourth-order valence-corrected chi connectivity index (χ4v) is 2.44. The largest absolute Gasteiger partial charge is 0.466 e. The van der Waals surface area contributed by atoms with E-state index in [-0.39, 0.29) is 5.97 Å². The van der Waals surface area contributed by atoms with Gasteiger partial charge in [-0.1, -0.05) is 63.0 Å². The van der Waals surface area contributed by atoms with Gasteiger partial charge < -0.3 is 9.64 Å². The topological polar surface area (TPSA) is 29.5 Å². The molecule has 0 heterocycles. The molecule has 0 saturated carbocycles. The summed E-state index contributed by atoms with van der Waals surface area (Å²) in [7, 11) is 3.82. The predicted octanol–water partition coefficient (Wildman–Crippen LogP) is 3.86. The van der Waals surface area contributed by atoms with Gasteiger partial charge in [0, 0.05) is 19.8 Å². The summed E-state index contributed by atoms with van der Waals surface area (Å²) in [5.41, 5.74) is 0. The minimum Gasteiger partial charge on any atom is -0.466 e. The first-order chi connectivity index (χ1) is 9.07. The van der Waals surface area contributed by atoms with Crippen LogP contribution in [-0.2, 0) is 9.53 Å². The smallest absolute Gasteiger partial charge is 0.306 e. The molecule has 0 atom stereocenters. The van der Waals surface area contributed by atoms with Crippen LogP contribution in [0.2, 0.25) is 0 Å². The van der Waals surface area contributed by atoms with Crippen LogP contribution >= 0.6 is 24.0 Å². The van der Waals surface area contributed by atoms with Crippen molar-refractivity contribution >= 4 is 34.3 Å². The van der Waals surface area contributed by atoms with Crippen LogP contribution < -0.4 is 0 Å². The number of carbonyl (C=O) groups excluding carboxylic acids is 1. The molecule has 0 bridgehead atoms. The molecule has 0 fully saturated rings. The lowest BCUT2D eigenvalue weighted by Gasteiger charge is -2.12. The third kappa shape index (κ3) is 12.5. The zero-order valence-corrected chi connectivity index (χ0v) is 14.1. The van der Waals surface area contributed by atoms with Gasteiger partial charge in [-0.3, -0.25) is 4.79 Å². The molecule has 5 heteroatoms. The molecule has 19 heavy (non-hydrogen) atoms. The highest BCUT2D eigenvalue weighted by Crippen LogP contribution is 2.09. The Morgan fingerprint density at radius 3 is 2.42 bits per heavy atom. The monoisotopic (exact) mass is 305 g/mol. The van der Waals surface area contributed by atoms with E-state index in [0.29, 0.717) is 18.8 Å². The van der Waals surface area contributed by atoms with Gasteiger partial charge in [-0.05, 0) is 6.42 Å². The quantitative estimate of drug-likeness (QED) is 0.347. The summed E-state index contributed by atoms with van der Waals surface area (Å²) in [5, 5.41) is 0. The van der Waals surface area contributed by atoms with Crippen molar-refractivity contribution in [3.63, 3.8) is 0 Å². The summed E-state index contributed by atoms with van der Waals surface area (Å²) in [6.07, 6.45) is 7.70. The molecule has 0 rings (SSSR count). The van der Waals surface area contributed by atoms with E-state index in [4.69, 9.17) is 17.0 Å². The molecular weight excluding hydrogens is 278 g/mol. The van der Waals surface area contributed by atoms with Gasteiger partial charge in [-0.15, -0.1) is 0 Å². The Morgan fingerprint density at radius 2 is 1.79 bits per heavy atom. The summed E-state index contributed by atoms with van der Waals surface area (Å²) in [6.45, 7) is 2.77. The maximum absolute atomic E-state index is 11.4. The summed E-state index contributed by atoms with van der Waals surface area (Å²) in [4.78, 5) is 13.3. The zero-order chi connectivity index (χ0) is 14.5. The molecule has 0 aliphatic heterocycles. The fourth-order valence-electron chi connectivity index (χ4n) is 1.49. The van der Waals surface area contributed by atoms with Crippen LogP contribution in [0.1, 0.15) is 51.9 Å². The molecule has 0 aromatic heterocycles. The zero-order valence-electron chi connectivity index (χ0n) is 12.4. The number of hydrogen-bond acceptors (Lipinski definition) is 4. The molecule has 0 aliphatic rings. The lowest BCUT2D eigenvalue weighted by molar-refractivity contribution is -0.143. The van der Waals surface area contributed by atoms with Crippen molar-refractivity contribution in [3.8, 4) is 0 Å². The van der Waals surface area contributed by atoms with Gasteiger partial charge in [0.05, 0.1) is 13.0 Å². The van der Waals surface area contributed by atoms with Crippen molar-refractivity contribution in [1.82, 2.24) is 4.90 Å². The Labute approximate surface area is 127 Å². The Bertz CT molecular complexity index is 258. The first-order valence-electron chi connectivity index (χ1n) is 7.07. The second-order valence-electron chi connectivity index (χ2n) is 4.75. The molecule has 0 aromatic rings.